The van der Waals surface area contributed by atoms with Crippen LogP contribution in [0.2, 0.25) is 10.0 Å². The highest BCUT2D eigenvalue weighted by Crippen LogP contribution is 2.30. The van der Waals surface area contributed by atoms with E-state index in [0.717, 1.165) is 10.6 Å². The summed E-state index contributed by atoms with van der Waals surface area (Å²) in [5, 5.41) is 11.2. The Kier molecular flexibility index (Phi) is 7.52. The van der Waals surface area contributed by atoms with E-state index in [-0.39, 0.29) is 20.9 Å². The van der Waals surface area contributed by atoms with Crippen LogP contribution in [0.1, 0.15) is 6.92 Å². The first-order valence-electron chi connectivity index (χ1n) is 7.46. The lowest BCUT2D eigenvalue weighted by atomic mass is 10.2. The predicted octanol–water partition coefficient (Wildman–Crippen LogP) is 3.92. The van der Waals surface area contributed by atoms with Gasteiger partial charge in [0.05, 0.1) is 22.0 Å². The molecule has 0 saturated heterocycles. The summed E-state index contributed by atoms with van der Waals surface area (Å²) in [5.41, 5.74) is 0.231. The largest absolute Gasteiger partial charge is 0.299 e. The second kappa shape index (κ2) is 9.24. The van der Waals surface area contributed by atoms with Gasteiger partial charge in [-0.15, -0.1) is 16.8 Å². The lowest BCUT2D eigenvalue weighted by Gasteiger charge is -2.28. The van der Waals surface area contributed by atoms with E-state index in [9.17, 15) is 13.2 Å². The third-order valence-electron chi connectivity index (χ3n) is 3.21. The smallest absolute Gasteiger partial charge is 0.249 e. The van der Waals surface area contributed by atoms with Crippen molar-refractivity contribution in [3.05, 3.63) is 40.9 Å². The fourth-order valence-electron chi connectivity index (χ4n) is 2.09. The molecule has 0 aliphatic heterocycles. The van der Waals surface area contributed by atoms with E-state index in [0.29, 0.717) is 10.1 Å². The molecular weight excluding hydrogens is 451 g/mol. The number of carbonyl (C=O) groups excluding carboxylic acids is 1. The van der Waals surface area contributed by atoms with E-state index < -0.39 is 22.0 Å². The molecule has 1 unspecified atom stereocenters. The van der Waals surface area contributed by atoms with Gasteiger partial charge in [-0.05, 0) is 25.1 Å². The van der Waals surface area contributed by atoms with Crippen molar-refractivity contribution in [2.24, 2.45) is 0 Å². The number of nitrogens with zero attached hydrogens (tertiary/aromatic N) is 3. The first kappa shape index (κ1) is 22.0. The van der Waals surface area contributed by atoms with E-state index >= 15 is 0 Å². The second-order valence-corrected chi connectivity index (χ2v) is 10.2. The Morgan fingerprint density at radius 2 is 2.11 bits per heavy atom. The molecule has 1 atom stereocenters. The maximum Gasteiger partial charge on any atom is 0.249 e. The van der Waals surface area contributed by atoms with Gasteiger partial charge in [-0.1, -0.05) is 52.4 Å². The third-order valence-corrected chi connectivity index (χ3v) is 7.16. The van der Waals surface area contributed by atoms with Gasteiger partial charge in [0.1, 0.15) is 6.04 Å². The molecule has 0 bridgehead atoms. The monoisotopic (exact) mass is 466 g/mol. The van der Waals surface area contributed by atoms with E-state index in [1.165, 1.54) is 48.2 Å². The van der Waals surface area contributed by atoms with Crippen LogP contribution in [-0.4, -0.2) is 42.6 Å². The van der Waals surface area contributed by atoms with Crippen molar-refractivity contribution < 1.29 is 13.2 Å². The number of nitrogens with one attached hydrogen (secondary N) is 1. The minimum absolute atomic E-state index is 0.184. The molecule has 12 heteroatoms. The SMILES string of the molecule is C=CCSc1nnc(NC(=O)C(C)N(c2ccc(Cl)c(Cl)c2)S(C)(=O)=O)s1. The van der Waals surface area contributed by atoms with Crippen LogP contribution in [0.3, 0.4) is 0 Å². The molecule has 1 heterocycles. The molecule has 0 spiro atoms. The standard InChI is InChI=1S/C15H16Cl2N4O3S3/c1-4-7-25-15-20-19-14(26-15)18-13(22)9(2)21(27(3,23)24)10-5-6-11(16)12(17)8-10/h4-6,8-9H,1,7H2,2-3H3,(H,18,19,22). The number of carbonyl (C=O) groups is 1. The Hall–Kier alpha value is -1.33. The van der Waals surface area contributed by atoms with Gasteiger partial charge in [0.2, 0.25) is 21.1 Å². The Balaban J connectivity index is 2.23. The number of anilines is 2. The van der Waals surface area contributed by atoms with E-state index in [4.69, 9.17) is 23.2 Å². The number of hydrogen-bond donors (Lipinski definition) is 1. The molecule has 0 saturated carbocycles. The summed E-state index contributed by atoms with van der Waals surface area (Å²) in [6.07, 6.45) is 2.74. The number of hydrogen-bond acceptors (Lipinski definition) is 7. The Morgan fingerprint density at radius 1 is 1.41 bits per heavy atom. The topological polar surface area (TPSA) is 92.3 Å². The molecule has 0 fully saturated rings. The van der Waals surface area contributed by atoms with Crippen LogP contribution in [0.25, 0.3) is 0 Å². The summed E-state index contributed by atoms with van der Waals surface area (Å²) in [5.74, 6) is 0.112. The zero-order valence-corrected chi connectivity index (χ0v) is 18.3. The number of aromatic nitrogens is 2. The minimum atomic E-state index is -3.77. The summed E-state index contributed by atoms with van der Waals surface area (Å²) in [6.45, 7) is 5.09. The summed E-state index contributed by atoms with van der Waals surface area (Å²) < 4.78 is 26.2. The Morgan fingerprint density at radius 3 is 2.70 bits per heavy atom. The van der Waals surface area contributed by atoms with Crippen LogP contribution in [0.5, 0.6) is 0 Å². The number of benzene rings is 1. The normalized spacial score (nSPS) is 12.4. The van der Waals surface area contributed by atoms with Gasteiger partial charge in [-0.25, -0.2) is 8.42 Å². The highest BCUT2D eigenvalue weighted by molar-refractivity contribution is 8.01. The third kappa shape index (κ3) is 5.82. The molecule has 1 amide bonds. The molecule has 0 aliphatic carbocycles. The number of rotatable bonds is 8. The number of thioether (sulfide) groups is 1. The van der Waals surface area contributed by atoms with Crippen molar-refractivity contribution in [3.8, 4) is 0 Å². The average molecular weight is 467 g/mol. The summed E-state index contributed by atoms with van der Waals surface area (Å²) in [7, 11) is -3.77. The van der Waals surface area contributed by atoms with Crippen LogP contribution < -0.4 is 9.62 Å². The van der Waals surface area contributed by atoms with Gasteiger partial charge in [-0.3, -0.25) is 14.4 Å². The van der Waals surface area contributed by atoms with Gasteiger partial charge in [-0.2, -0.15) is 0 Å². The van der Waals surface area contributed by atoms with Crippen molar-refractivity contribution in [2.45, 2.75) is 17.3 Å². The molecule has 1 aromatic heterocycles. The van der Waals surface area contributed by atoms with Crippen molar-refractivity contribution in [1.29, 1.82) is 0 Å². The number of halogens is 2. The summed E-state index contributed by atoms with van der Waals surface area (Å²) >= 11 is 14.5. The quantitative estimate of drug-likeness (QED) is 0.360. The van der Waals surface area contributed by atoms with Crippen LogP contribution in [0.4, 0.5) is 10.8 Å². The number of sulfonamides is 1. The van der Waals surface area contributed by atoms with Crippen molar-refractivity contribution in [3.63, 3.8) is 0 Å². The van der Waals surface area contributed by atoms with E-state index in [1.807, 2.05) is 0 Å². The van der Waals surface area contributed by atoms with Crippen molar-refractivity contribution in [1.82, 2.24) is 10.2 Å². The highest BCUT2D eigenvalue weighted by atomic mass is 35.5. The minimum Gasteiger partial charge on any atom is -0.299 e. The second-order valence-electron chi connectivity index (χ2n) is 5.30. The van der Waals surface area contributed by atoms with Crippen LogP contribution in [0.15, 0.2) is 35.2 Å². The van der Waals surface area contributed by atoms with Gasteiger partial charge in [0.25, 0.3) is 0 Å². The summed E-state index contributed by atoms with van der Waals surface area (Å²) in [4.78, 5) is 12.6. The van der Waals surface area contributed by atoms with Gasteiger partial charge in [0, 0.05) is 5.75 Å². The molecule has 7 nitrogen and oxygen atoms in total. The Bertz CT molecular complexity index is 950. The zero-order chi connectivity index (χ0) is 20.2. The maximum absolute atomic E-state index is 12.6. The lowest BCUT2D eigenvalue weighted by molar-refractivity contribution is -0.116. The van der Waals surface area contributed by atoms with Crippen LogP contribution in [0, 0.1) is 0 Å². The molecule has 146 valence electrons. The molecule has 27 heavy (non-hydrogen) atoms. The fourth-order valence-corrected chi connectivity index (χ4v) is 5.06. The van der Waals surface area contributed by atoms with Gasteiger partial charge < -0.3 is 0 Å². The number of amides is 1. The molecular formula is C15H16Cl2N4O3S3. The molecule has 0 radical (unpaired) electrons. The first-order chi connectivity index (χ1) is 12.6. The lowest BCUT2D eigenvalue weighted by Crippen LogP contribution is -2.45. The molecule has 0 aliphatic rings. The van der Waals surface area contributed by atoms with Crippen LogP contribution in [-0.2, 0) is 14.8 Å². The van der Waals surface area contributed by atoms with Gasteiger partial charge in [0.15, 0.2) is 4.34 Å². The van der Waals surface area contributed by atoms with Gasteiger partial charge >= 0.3 is 0 Å². The fraction of sp³-hybridized carbons (Fsp3) is 0.267. The van der Waals surface area contributed by atoms with Crippen LogP contribution >= 0.6 is 46.3 Å². The summed E-state index contributed by atoms with van der Waals surface area (Å²) in [6, 6.07) is 3.29. The Labute approximate surface area is 175 Å². The maximum atomic E-state index is 12.6. The first-order valence-corrected chi connectivity index (χ1v) is 11.9. The highest BCUT2D eigenvalue weighted by Gasteiger charge is 2.30. The molecule has 1 aromatic carbocycles. The van der Waals surface area contributed by atoms with Crippen molar-refractivity contribution in [2.75, 3.05) is 21.6 Å². The average Bonchev–Trinajstić information content (AvgIpc) is 3.02. The zero-order valence-electron chi connectivity index (χ0n) is 14.3. The van der Waals surface area contributed by atoms with E-state index in [1.54, 1.807) is 6.08 Å². The van der Waals surface area contributed by atoms with Crippen molar-refractivity contribution >= 4 is 73.0 Å². The van der Waals surface area contributed by atoms with E-state index in [2.05, 4.69) is 22.1 Å². The molecule has 2 aromatic rings. The molecule has 1 N–H and O–H groups in total. The predicted molar refractivity (Wildman–Crippen MR) is 113 cm³/mol. The molecule has 2 rings (SSSR count).